The smallest absolute Gasteiger partial charge is 0.290 e. The molecule has 1 aliphatic heterocycles. The quantitative estimate of drug-likeness (QED) is 0.204. The van der Waals surface area contributed by atoms with Crippen molar-refractivity contribution in [3.63, 3.8) is 0 Å². The zero-order valence-electron chi connectivity index (χ0n) is 29.6. The molecule has 1 aromatic rings. The Morgan fingerprint density at radius 1 is 0.878 bits per heavy atom. The topological polar surface area (TPSA) is 171 Å². The van der Waals surface area contributed by atoms with Crippen LogP contribution in [0.15, 0.2) is 30.3 Å². The summed E-state index contributed by atoms with van der Waals surface area (Å²) in [6, 6.07) is 4.95. The van der Waals surface area contributed by atoms with Crippen LogP contribution < -0.4 is 20.7 Å². The molecule has 2 unspecified atom stereocenters. The molecule has 0 bridgehead atoms. The Bertz CT molecular complexity index is 1450. The first-order chi connectivity index (χ1) is 23.2. The van der Waals surface area contributed by atoms with E-state index in [-0.39, 0.29) is 30.1 Å². The number of carbonyl (C=O) groups is 5. The third-order valence-electron chi connectivity index (χ3n) is 10.5. The number of nitrogens with one attached hydrogen (secondary N) is 4. The van der Waals surface area contributed by atoms with Crippen molar-refractivity contribution < 1.29 is 32.4 Å². The van der Waals surface area contributed by atoms with Gasteiger partial charge in [-0.2, -0.15) is 0 Å². The van der Waals surface area contributed by atoms with Gasteiger partial charge in [0.05, 0.1) is 18.3 Å². The average Bonchev–Trinajstić information content (AvgIpc) is 3.67. The van der Waals surface area contributed by atoms with Gasteiger partial charge < -0.3 is 20.9 Å². The highest BCUT2D eigenvalue weighted by Gasteiger charge is 2.51. The number of benzene rings is 1. The average molecular weight is 702 g/mol. The predicted octanol–water partition coefficient (Wildman–Crippen LogP) is 2.98. The fourth-order valence-corrected chi connectivity index (χ4v) is 8.69. The van der Waals surface area contributed by atoms with Gasteiger partial charge in [-0.15, -0.1) is 0 Å². The number of carbonyl (C=O) groups excluding carboxylic acids is 5. The van der Waals surface area contributed by atoms with Gasteiger partial charge in [-0.3, -0.25) is 24.0 Å². The van der Waals surface area contributed by atoms with E-state index in [4.69, 9.17) is 0 Å². The molecule has 1 aromatic carbocycles. The van der Waals surface area contributed by atoms with Crippen molar-refractivity contribution in [3.8, 4) is 0 Å². The molecule has 3 fully saturated rings. The van der Waals surface area contributed by atoms with Crippen molar-refractivity contribution in [2.24, 2.45) is 23.7 Å². The number of amides is 4. The molecule has 2 saturated carbocycles. The molecule has 2 aliphatic carbocycles. The Kier molecular flexibility index (Phi) is 13.4. The fraction of sp³-hybridized carbons (Fsp3) is 0.694. The molecule has 0 spiro atoms. The fourth-order valence-electron chi connectivity index (χ4n) is 7.93. The van der Waals surface area contributed by atoms with E-state index >= 15 is 0 Å². The maximum atomic E-state index is 14.3. The molecule has 4 amide bonds. The van der Waals surface area contributed by atoms with E-state index in [9.17, 15) is 32.4 Å². The van der Waals surface area contributed by atoms with Gasteiger partial charge in [0, 0.05) is 6.54 Å². The Balaban J connectivity index is 1.51. The summed E-state index contributed by atoms with van der Waals surface area (Å²) in [5.74, 6) is -3.51. The molecule has 1 saturated heterocycles. The minimum atomic E-state index is -3.71. The Hall–Kier alpha value is -3.32. The van der Waals surface area contributed by atoms with Crippen LogP contribution in [0.3, 0.4) is 0 Å². The lowest BCUT2D eigenvalue weighted by molar-refractivity contribution is -0.145. The van der Waals surface area contributed by atoms with E-state index in [2.05, 4.69) is 20.7 Å². The molecule has 0 aromatic heterocycles. The van der Waals surface area contributed by atoms with Crippen molar-refractivity contribution in [1.29, 1.82) is 0 Å². The number of likely N-dealkylation sites (tertiary alicyclic amines) is 1. The molecule has 1 heterocycles. The van der Waals surface area contributed by atoms with Gasteiger partial charge >= 0.3 is 0 Å². The minimum Gasteiger partial charge on any atom is -0.344 e. The molecule has 49 heavy (non-hydrogen) atoms. The summed E-state index contributed by atoms with van der Waals surface area (Å²) >= 11 is 0. The van der Waals surface area contributed by atoms with Gasteiger partial charge in [0.1, 0.15) is 18.1 Å². The van der Waals surface area contributed by atoms with Crippen LogP contribution in [0.2, 0.25) is 0 Å². The van der Waals surface area contributed by atoms with E-state index < -0.39 is 69.6 Å². The summed E-state index contributed by atoms with van der Waals surface area (Å²) in [5, 5.41) is 8.45. The monoisotopic (exact) mass is 701 g/mol. The summed E-state index contributed by atoms with van der Waals surface area (Å²) in [6.07, 6.45) is 8.59. The Labute approximate surface area is 291 Å². The van der Waals surface area contributed by atoms with Crippen LogP contribution in [0.1, 0.15) is 104 Å². The third-order valence-corrected chi connectivity index (χ3v) is 11.2. The highest BCUT2D eigenvalue weighted by molar-refractivity contribution is 7.88. The molecular formula is C36H55N5O7S. The second-order valence-electron chi connectivity index (χ2n) is 14.6. The number of rotatable bonds is 15. The van der Waals surface area contributed by atoms with Crippen LogP contribution in [-0.4, -0.2) is 79.7 Å². The van der Waals surface area contributed by atoms with Crippen LogP contribution in [-0.2, 0) is 34.0 Å². The standard InChI is InChI=1S/C36H55N5O7S/c1-6-14-28(32(42)35(45)37-23(4)24-15-9-7-10-16-24)38-34(44)31-27-20-13-19-26(27)21-41(31)36(46)29(22(2)3)39-33(43)30(40-49(5,47)48)25-17-11-8-12-18-25/h7,9-10,15-16,22-23,25-31,40H,6,8,11-14,17-21H2,1-5H3,(H,37,45)(H,38,44)(H,39,43)/t23-,26?,27?,28-,29-,30-,31-/m0/s1. The largest absolute Gasteiger partial charge is 0.344 e. The number of sulfonamides is 1. The lowest BCUT2D eigenvalue weighted by atomic mass is 9.83. The number of nitrogens with zero attached hydrogens (tertiary/aromatic N) is 1. The number of ketones is 1. The number of fused-ring (bicyclic) bond motifs is 1. The Morgan fingerprint density at radius 2 is 1.55 bits per heavy atom. The summed E-state index contributed by atoms with van der Waals surface area (Å²) in [5.41, 5.74) is 0.844. The molecule has 7 atom stereocenters. The van der Waals surface area contributed by atoms with Crippen LogP contribution in [0.5, 0.6) is 0 Å². The van der Waals surface area contributed by atoms with Crippen molar-refractivity contribution in [2.45, 2.75) is 122 Å². The van der Waals surface area contributed by atoms with Gasteiger partial charge in [-0.1, -0.05) is 83.2 Å². The second kappa shape index (κ2) is 17.1. The van der Waals surface area contributed by atoms with Crippen LogP contribution in [0, 0.1) is 23.7 Å². The highest BCUT2D eigenvalue weighted by atomic mass is 32.2. The molecular weight excluding hydrogens is 646 g/mol. The van der Waals surface area contributed by atoms with Crippen LogP contribution >= 0.6 is 0 Å². The van der Waals surface area contributed by atoms with Crippen molar-refractivity contribution in [2.75, 3.05) is 12.8 Å². The molecule has 4 rings (SSSR count). The zero-order chi connectivity index (χ0) is 35.9. The number of hydrogen-bond acceptors (Lipinski definition) is 7. The van der Waals surface area contributed by atoms with Gasteiger partial charge in [-0.05, 0) is 68.3 Å². The van der Waals surface area contributed by atoms with Crippen molar-refractivity contribution >= 4 is 39.4 Å². The normalized spacial score (nSPS) is 23.6. The molecule has 0 radical (unpaired) electrons. The molecule has 272 valence electrons. The van der Waals surface area contributed by atoms with Crippen LogP contribution in [0.25, 0.3) is 0 Å². The summed E-state index contributed by atoms with van der Waals surface area (Å²) in [4.78, 5) is 70.1. The third kappa shape index (κ3) is 9.90. The van der Waals surface area contributed by atoms with Gasteiger partial charge in [-0.25, -0.2) is 13.1 Å². The zero-order valence-corrected chi connectivity index (χ0v) is 30.4. The first-order valence-corrected chi connectivity index (χ1v) is 19.9. The Morgan fingerprint density at radius 3 is 2.16 bits per heavy atom. The minimum absolute atomic E-state index is 0.0976. The summed E-state index contributed by atoms with van der Waals surface area (Å²) < 4.78 is 27.0. The van der Waals surface area contributed by atoms with E-state index in [1.165, 1.54) is 0 Å². The summed E-state index contributed by atoms with van der Waals surface area (Å²) in [6.45, 7) is 7.60. The lowest BCUT2D eigenvalue weighted by Gasteiger charge is -2.35. The number of Topliss-reactive ketones (excluding diaryl/α,β-unsaturated/α-hetero) is 1. The van der Waals surface area contributed by atoms with E-state index in [1.54, 1.807) is 25.7 Å². The van der Waals surface area contributed by atoms with Crippen molar-refractivity contribution in [3.05, 3.63) is 35.9 Å². The van der Waals surface area contributed by atoms with Gasteiger partial charge in [0.15, 0.2) is 0 Å². The SMILES string of the molecule is CCC[C@H](NC(=O)[C@@H]1C2CCCC2CN1C(=O)[C@@H](NC(=O)[C@@H](NS(C)(=O)=O)C1CCCCC1)C(C)C)C(=O)C(=O)N[C@@H](C)c1ccccc1. The highest BCUT2D eigenvalue weighted by Crippen LogP contribution is 2.43. The van der Waals surface area contributed by atoms with E-state index in [0.29, 0.717) is 25.8 Å². The lowest BCUT2D eigenvalue weighted by Crippen LogP contribution is -2.60. The first kappa shape index (κ1) is 38.5. The molecule has 4 N–H and O–H groups in total. The van der Waals surface area contributed by atoms with Gasteiger partial charge in [0.25, 0.3) is 5.91 Å². The van der Waals surface area contributed by atoms with Gasteiger partial charge in [0.2, 0.25) is 33.5 Å². The second-order valence-corrected chi connectivity index (χ2v) is 16.4. The number of hydrogen-bond donors (Lipinski definition) is 4. The predicted molar refractivity (Wildman–Crippen MR) is 186 cm³/mol. The van der Waals surface area contributed by atoms with E-state index in [1.807, 2.05) is 37.3 Å². The van der Waals surface area contributed by atoms with E-state index in [0.717, 1.165) is 50.3 Å². The van der Waals surface area contributed by atoms with Crippen LogP contribution in [0.4, 0.5) is 0 Å². The van der Waals surface area contributed by atoms with Crippen molar-refractivity contribution in [1.82, 2.24) is 25.6 Å². The maximum Gasteiger partial charge on any atom is 0.290 e. The molecule has 13 heteroatoms. The molecule has 3 aliphatic rings. The molecule has 12 nitrogen and oxygen atoms in total. The first-order valence-electron chi connectivity index (χ1n) is 18.0. The maximum absolute atomic E-state index is 14.3. The summed E-state index contributed by atoms with van der Waals surface area (Å²) in [7, 11) is -3.71.